The van der Waals surface area contributed by atoms with Crippen LogP contribution in [0.1, 0.15) is 59.3 Å². The van der Waals surface area contributed by atoms with Gasteiger partial charge in [-0.3, -0.25) is 9.59 Å². The molecule has 2 aliphatic heterocycles. The number of methoxy groups -OCH3 is 1. The zero-order valence-electron chi connectivity index (χ0n) is 19.6. The number of rotatable bonds is 9. The van der Waals surface area contributed by atoms with E-state index in [2.05, 4.69) is 5.32 Å². The Bertz CT molecular complexity index is 1020. The Morgan fingerprint density at radius 1 is 1.09 bits per heavy atom. The van der Waals surface area contributed by atoms with Gasteiger partial charge in [0.05, 0.1) is 25.2 Å². The standard InChI is InChI=1S/C26H32N2O5/c1-4-32-21-15-17-11-13-28-24(20(17)16-22(21)33-5-2)23(25(29)27-12-8-14-31-3)18-9-6-7-10-19(18)26(28)30/h6-7,9-10,15-16,23-24H,4-5,8,11-14H2,1-3H3,(H,27,29)/t23-,24-/m1/s1. The summed E-state index contributed by atoms with van der Waals surface area (Å²) in [5.41, 5.74) is 3.42. The van der Waals surface area contributed by atoms with Crippen molar-refractivity contribution in [2.24, 2.45) is 0 Å². The Balaban J connectivity index is 1.79. The largest absolute Gasteiger partial charge is 0.490 e. The van der Waals surface area contributed by atoms with Crippen LogP contribution >= 0.6 is 0 Å². The molecule has 1 N–H and O–H groups in total. The van der Waals surface area contributed by atoms with E-state index in [9.17, 15) is 9.59 Å². The molecule has 176 valence electrons. The first-order valence-corrected chi connectivity index (χ1v) is 11.7. The fourth-order valence-corrected chi connectivity index (χ4v) is 4.89. The molecule has 0 aliphatic carbocycles. The van der Waals surface area contributed by atoms with E-state index in [-0.39, 0.29) is 11.8 Å². The molecule has 2 heterocycles. The third-order valence-corrected chi connectivity index (χ3v) is 6.29. The highest BCUT2D eigenvalue weighted by molar-refractivity contribution is 6.01. The quantitative estimate of drug-likeness (QED) is 0.590. The molecule has 2 aliphatic rings. The van der Waals surface area contributed by atoms with Crippen LogP contribution < -0.4 is 14.8 Å². The van der Waals surface area contributed by atoms with Gasteiger partial charge in [-0.25, -0.2) is 0 Å². The van der Waals surface area contributed by atoms with Crippen LogP contribution in [0.3, 0.4) is 0 Å². The first kappa shape index (κ1) is 23.1. The van der Waals surface area contributed by atoms with Gasteiger partial charge in [-0.2, -0.15) is 0 Å². The van der Waals surface area contributed by atoms with Crippen molar-refractivity contribution in [3.8, 4) is 11.5 Å². The maximum Gasteiger partial charge on any atom is 0.254 e. The molecule has 0 bridgehead atoms. The van der Waals surface area contributed by atoms with Gasteiger partial charge in [0.25, 0.3) is 5.91 Å². The number of nitrogens with one attached hydrogen (secondary N) is 1. The van der Waals surface area contributed by atoms with Crippen molar-refractivity contribution in [2.45, 2.75) is 38.6 Å². The molecule has 2 aromatic carbocycles. The molecule has 4 rings (SSSR count). The average molecular weight is 453 g/mol. The lowest BCUT2D eigenvalue weighted by Crippen LogP contribution is -2.50. The summed E-state index contributed by atoms with van der Waals surface area (Å²) in [4.78, 5) is 28.8. The van der Waals surface area contributed by atoms with E-state index < -0.39 is 12.0 Å². The minimum atomic E-state index is -0.507. The molecule has 0 aromatic heterocycles. The molecule has 2 aromatic rings. The van der Waals surface area contributed by atoms with Gasteiger partial charge in [0, 0.05) is 32.4 Å². The normalized spacial score (nSPS) is 18.8. The first-order chi connectivity index (χ1) is 16.1. The van der Waals surface area contributed by atoms with Gasteiger partial charge in [-0.1, -0.05) is 18.2 Å². The number of hydrogen-bond donors (Lipinski definition) is 1. The molecule has 0 spiro atoms. The summed E-state index contributed by atoms with van der Waals surface area (Å²) in [6.45, 7) is 6.56. The van der Waals surface area contributed by atoms with Crippen molar-refractivity contribution in [1.82, 2.24) is 10.2 Å². The minimum absolute atomic E-state index is 0.0310. The summed E-state index contributed by atoms with van der Waals surface area (Å²) in [7, 11) is 1.65. The van der Waals surface area contributed by atoms with E-state index in [1.165, 1.54) is 0 Å². The average Bonchev–Trinajstić information content (AvgIpc) is 2.82. The van der Waals surface area contributed by atoms with Gasteiger partial charge in [0.2, 0.25) is 5.91 Å². The van der Waals surface area contributed by atoms with Crippen LogP contribution in [-0.2, 0) is 16.0 Å². The molecule has 0 fully saturated rings. The van der Waals surface area contributed by atoms with Crippen LogP contribution in [0, 0.1) is 0 Å². The summed E-state index contributed by atoms with van der Waals surface area (Å²) in [6.07, 6.45) is 1.43. The molecule has 0 saturated heterocycles. The van der Waals surface area contributed by atoms with Crippen molar-refractivity contribution in [3.63, 3.8) is 0 Å². The number of amides is 2. The summed E-state index contributed by atoms with van der Waals surface area (Å²) in [5.74, 6) is 0.727. The second-order valence-electron chi connectivity index (χ2n) is 8.26. The number of carbonyl (C=O) groups is 2. The molecular weight excluding hydrogens is 420 g/mol. The second-order valence-corrected chi connectivity index (χ2v) is 8.26. The maximum atomic E-state index is 13.5. The summed E-state index contributed by atoms with van der Waals surface area (Å²) < 4.78 is 16.8. The van der Waals surface area contributed by atoms with Gasteiger partial charge < -0.3 is 24.4 Å². The Kier molecular flexibility index (Phi) is 7.18. The summed E-state index contributed by atoms with van der Waals surface area (Å²) in [6, 6.07) is 11.0. The van der Waals surface area contributed by atoms with Gasteiger partial charge in [0.1, 0.15) is 0 Å². The first-order valence-electron chi connectivity index (χ1n) is 11.7. The molecule has 7 heteroatoms. The van der Waals surface area contributed by atoms with E-state index in [4.69, 9.17) is 14.2 Å². The van der Waals surface area contributed by atoms with E-state index in [0.717, 1.165) is 23.1 Å². The van der Waals surface area contributed by atoms with E-state index in [1.807, 2.05) is 55.1 Å². The SMILES string of the molecule is CCOc1cc2c(cc1OCC)[C@@H]1[C@H](C(=O)NCCCOC)c3ccccc3C(=O)N1CC2. The number of fused-ring (bicyclic) bond motifs is 4. The smallest absolute Gasteiger partial charge is 0.254 e. The van der Waals surface area contributed by atoms with Crippen LogP contribution in [0.15, 0.2) is 36.4 Å². The molecule has 33 heavy (non-hydrogen) atoms. The van der Waals surface area contributed by atoms with Crippen LogP contribution in [-0.4, -0.2) is 56.7 Å². The second kappa shape index (κ2) is 10.3. The van der Waals surface area contributed by atoms with Gasteiger partial charge in [-0.15, -0.1) is 0 Å². The molecule has 0 radical (unpaired) electrons. The highest BCUT2D eigenvalue weighted by Crippen LogP contribution is 2.48. The van der Waals surface area contributed by atoms with E-state index in [0.29, 0.717) is 56.4 Å². The summed E-state index contributed by atoms with van der Waals surface area (Å²) in [5, 5.41) is 3.07. The molecule has 0 saturated carbocycles. The topological polar surface area (TPSA) is 77.1 Å². The molecular formula is C26H32N2O5. The predicted molar refractivity (Wildman–Crippen MR) is 125 cm³/mol. The predicted octanol–water partition coefficient (Wildman–Crippen LogP) is 3.47. The highest BCUT2D eigenvalue weighted by atomic mass is 16.5. The Morgan fingerprint density at radius 2 is 1.82 bits per heavy atom. The van der Waals surface area contributed by atoms with Gasteiger partial charge in [-0.05, 0) is 61.6 Å². The fourth-order valence-electron chi connectivity index (χ4n) is 4.89. The van der Waals surface area contributed by atoms with Gasteiger partial charge in [0.15, 0.2) is 11.5 Å². The number of ether oxygens (including phenoxy) is 3. The number of nitrogens with zero attached hydrogens (tertiary/aromatic N) is 1. The monoisotopic (exact) mass is 452 g/mol. The number of hydrogen-bond acceptors (Lipinski definition) is 5. The lowest BCUT2D eigenvalue weighted by molar-refractivity contribution is -0.124. The van der Waals surface area contributed by atoms with Crippen molar-refractivity contribution in [3.05, 3.63) is 58.7 Å². The molecule has 0 unspecified atom stereocenters. The Hall–Kier alpha value is -3.06. The Labute approximate surface area is 195 Å². The van der Waals surface area contributed by atoms with E-state index in [1.54, 1.807) is 7.11 Å². The number of carbonyl (C=O) groups excluding carboxylic acids is 2. The van der Waals surface area contributed by atoms with Crippen LogP contribution in [0.2, 0.25) is 0 Å². The number of benzene rings is 2. The lowest BCUT2D eigenvalue weighted by atomic mass is 9.75. The highest BCUT2D eigenvalue weighted by Gasteiger charge is 2.46. The van der Waals surface area contributed by atoms with Crippen molar-refractivity contribution < 1.29 is 23.8 Å². The third kappa shape index (κ3) is 4.42. The van der Waals surface area contributed by atoms with Crippen molar-refractivity contribution >= 4 is 11.8 Å². The van der Waals surface area contributed by atoms with Crippen LogP contribution in [0.5, 0.6) is 11.5 Å². The van der Waals surface area contributed by atoms with E-state index >= 15 is 0 Å². The lowest BCUT2D eigenvalue weighted by Gasteiger charge is -2.45. The van der Waals surface area contributed by atoms with Crippen LogP contribution in [0.25, 0.3) is 0 Å². The summed E-state index contributed by atoms with van der Waals surface area (Å²) >= 11 is 0. The molecule has 2 amide bonds. The fraction of sp³-hybridized carbons (Fsp3) is 0.462. The Morgan fingerprint density at radius 3 is 2.55 bits per heavy atom. The molecule has 2 atom stereocenters. The van der Waals surface area contributed by atoms with Crippen molar-refractivity contribution in [2.75, 3.05) is 40.0 Å². The van der Waals surface area contributed by atoms with Crippen LogP contribution in [0.4, 0.5) is 0 Å². The van der Waals surface area contributed by atoms with Gasteiger partial charge >= 0.3 is 0 Å². The minimum Gasteiger partial charge on any atom is -0.490 e. The zero-order chi connectivity index (χ0) is 23.4. The maximum absolute atomic E-state index is 13.5. The molecule has 7 nitrogen and oxygen atoms in total. The van der Waals surface area contributed by atoms with Crippen molar-refractivity contribution in [1.29, 1.82) is 0 Å². The third-order valence-electron chi connectivity index (χ3n) is 6.29. The zero-order valence-corrected chi connectivity index (χ0v) is 19.6.